The Labute approximate surface area is 146 Å². The summed E-state index contributed by atoms with van der Waals surface area (Å²) in [6, 6.07) is 9.05. The molecule has 0 bridgehead atoms. The highest BCUT2D eigenvalue weighted by Crippen LogP contribution is 2.30. The van der Waals surface area contributed by atoms with Gasteiger partial charge in [0.1, 0.15) is 18.1 Å². The van der Waals surface area contributed by atoms with E-state index in [2.05, 4.69) is 5.32 Å². The molecule has 3 rings (SSSR count). The number of furan rings is 1. The van der Waals surface area contributed by atoms with Crippen LogP contribution in [-0.2, 0) is 6.42 Å². The number of benzene rings is 1. The number of aryl methyl sites for hydroxylation is 1. The van der Waals surface area contributed by atoms with Crippen molar-refractivity contribution in [2.45, 2.75) is 25.3 Å². The maximum Gasteiger partial charge on any atom is 0.317 e. The van der Waals surface area contributed by atoms with Crippen LogP contribution in [0.25, 0.3) is 0 Å². The number of halogens is 1. The highest BCUT2D eigenvalue weighted by Gasteiger charge is 2.24. The molecule has 1 aromatic carbocycles. The van der Waals surface area contributed by atoms with Gasteiger partial charge in [0.25, 0.3) is 0 Å². The Bertz CT molecular complexity index is 684. The van der Waals surface area contributed by atoms with Crippen molar-refractivity contribution in [1.82, 2.24) is 10.2 Å². The zero-order chi connectivity index (χ0) is 16.9. The number of hydrogen-bond donors (Lipinski definition) is 1. The van der Waals surface area contributed by atoms with Gasteiger partial charge in [-0.2, -0.15) is 0 Å². The molecule has 1 heterocycles. The van der Waals surface area contributed by atoms with Crippen LogP contribution in [0.1, 0.15) is 30.2 Å². The smallest absolute Gasteiger partial charge is 0.317 e. The van der Waals surface area contributed by atoms with Crippen molar-refractivity contribution in [1.29, 1.82) is 0 Å². The Morgan fingerprint density at radius 1 is 1.38 bits per heavy atom. The van der Waals surface area contributed by atoms with E-state index in [0.29, 0.717) is 18.2 Å². The number of carbonyl (C=O) groups excluding carboxylic acids is 1. The molecule has 0 radical (unpaired) electrons. The van der Waals surface area contributed by atoms with Crippen LogP contribution in [0.5, 0.6) is 5.75 Å². The monoisotopic (exact) mass is 348 g/mol. The molecule has 1 aromatic heterocycles. The first-order chi connectivity index (χ1) is 11.6. The van der Waals surface area contributed by atoms with Crippen LogP contribution in [0, 0.1) is 0 Å². The number of likely N-dealkylation sites (N-methyl/N-ethyl adjacent to an activating group) is 1. The third-order valence-electron chi connectivity index (χ3n) is 4.21. The lowest BCUT2D eigenvalue weighted by atomic mass is 9.93. The fourth-order valence-electron chi connectivity index (χ4n) is 2.83. The van der Waals surface area contributed by atoms with Crippen LogP contribution >= 0.6 is 11.6 Å². The quantitative estimate of drug-likeness (QED) is 0.887. The average Bonchev–Trinajstić information content (AvgIpc) is 3.06. The predicted octanol–water partition coefficient (Wildman–Crippen LogP) is 4.03. The zero-order valence-electron chi connectivity index (χ0n) is 13.6. The van der Waals surface area contributed by atoms with Crippen LogP contribution in [0.3, 0.4) is 0 Å². The van der Waals surface area contributed by atoms with Gasteiger partial charge in [-0.1, -0.05) is 11.6 Å². The van der Waals surface area contributed by atoms with E-state index in [0.717, 1.165) is 36.3 Å². The summed E-state index contributed by atoms with van der Waals surface area (Å²) in [5.41, 5.74) is 1.10. The summed E-state index contributed by atoms with van der Waals surface area (Å²) in [5.74, 6) is 1.73. The maximum atomic E-state index is 12.3. The molecule has 0 fully saturated rings. The van der Waals surface area contributed by atoms with E-state index in [4.69, 9.17) is 20.8 Å². The number of urea groups is 1. The van der Waals surface area contributed by atoms with Crippen molar-refractivity contribution in [2.24, 2.45) is 0 Å². The molecule has 0 spiro atoms. The Morgan fingerprint density at radius 3 is 2.96 bits per heavy atom. The van der Waals surface area contributed by atoms with E-state index in [9.17, 15) is 4.79 Å². The van der Waals surface area contributed by atoms with E-state index < -0.39 is 0 Å². The van der Waals surface area contributed by atoms with Crippen molar-refractivity contribution in [3.8, 4) is 5.75 Å². The van der Waals surface area contributed by atoms with Crippen LogP contribution < -0.4 is 10.1 Å². The Morgan fingerprint density at radius 2 is 2.17 bits per heavy atom. The minimum atomic E-state index is -0.103. The van der Waals surface area contributed by atoms with Gasteiger partial charge < -0.3 is 19.4 Å². The van der Waals surface area contributed by atoms with Gasteiger partial charge in [0.15, 0.2) is 0 Å². The summed E-state index contributed by atoms with van der Waals surface area (Å²) in [7, 11) is 1.76. The normalized spacial score (nSPS) is 16.3. The molecule has 5 nitrogen and oxygen atoms in total. The largest absolute Gasteiger partial charge is 0.492 e. The summed E-state index contributed by atoms with van der Waals surface area (Å²) < 4.78 is 11.1. The molecule has 0 aliphatic heterocycles. The summed E-state index contributed by atoms with van der Waals surface area (Å²) >= 11 is 5.83. The highest BCUT2D eigenvalue weighted by atomic mass is 35.5. The molecule has 128 valence electrons. The molecule has 1 aliphatic carbocycles. The number of carbonyl (C=O) groups is 1. The van der Waals surface area contributed by atoms with Gasteiger partial charge >= 0.3 is 6.03 Å². The predicted molar refractivity (Wildman–Crippen MR) is 92.5 cm³/mol. The van der Waals surface area contributed by atoms with Crippen molar-refractivity contribution in [3.05, 3.63) is 52.9 Å². The van der Waals surface area contributed by atoms with E-state index in [-0.39, 0.29) is 12.1 Å². The number of ether oxygens (including phenoxy) is 1. The van der Waals surface area contributed by atoms with Crippen molar-refractivity contribution in [3.63, 3.8) is 0 Å². The molecule has 6 heteroatoms. The van der Waals surface area contributed by atoms with E-state index in [1.807, 2.05) is 18.2 Å². The molecule has 1 N–H and O–H groups in total. The molecule has 1 unspecified atom stereocenters. The molecule has 24 heavy (non-hydrogen) atoms. The molecule has 1 aliphatic rings. The second-order valence-corrected chi connectivity index (χ2v) is 6.35. The topological polar surface area (TPSA) is 54.7 Å². The van der Waals surface area contributed by atoms with E-state index >= 15 is 0 Å². The van der Waals surface area contributed by atoms with Gasteiger partial charge in [-0.05, 0) is 43.2 Å². The molecule has 2 aromatic rings. The molecule has 0 saturated carbocycles. The summed E-state index contributed by atoms with van der Waals surface area (Å²) in [5, 5.41) is 3.74. The molecule has 2 amide bonds. The minimum absolute atomic E-state index is 0.0274. The van der Waals surface area contributed by atoms with Gasteiger partial charge in [0.2, 0.25) is 0 Å². The molecular formula is C18H21ClN2O3. The van der Waals surface area contributed by atoms with Gasteiger partial charge in [0.05, 0.1) is 18.8 Å². The Hall–Kier alpha value is -2.14. The van der Waals surface area contributed by atoms with Crippen molar-refractivity contribution >= 4 is 17.6 Å². The summed E-state index contributed by atoms with van der Waals surface area (Å²) in [4.78, 5) is 14.0. The maximum absolute atomic E-state index is 12.3. The van der Waals surface area contributed by atoms with Gasteiger partial charge in [-0.15, -0.1) is 0 Å². The second kappa shape index (κ2) is 7.62. The Balaban J connectivity index is 1.46. The van der Waals surface area contributed by atoms with Gasteiger partial charge in [-0.3, -0.25) is 0 Å². The Kier molecular flexibility index (Phi) is 5.30. The van der Waals surface area contributed by atoms with Gasteiger partial charge in [0, 0.05) is 24.1 Å². The molecular weight excluding hydrogens is 328 g/mol. The first-order valence-corrected chi connectivity index (χ1v) is 8.47. The first kappa shape index (κ1) is 16.7. The number of nitrogens with zero attached hydrogens (tertiary/aromatic N) is 1. The number of nitrogens with one attached hydrogen (secondary N) is 1. The van der Waals surface area contributed by atoms with Crippen LogP contribution in [0.4, 0.5) is 4.79 Å². The molecule has 0 saturated heterocycles. The van der Waals surface area contributed by atoms with Crippen LogP contribution in [0.15, 0.2) is 41.0 Å². The third-order valence-corrected chi connectivity index (χ3v) is 4.46. The fourth-order valence-corrected chi connectivity index (χ4v) is 2.95. The third kappa shape index (κ3) is 4.03. The van der Waals surface area contributed by atoms with E-state index in [1.54, 1.807) is 30.3 Å². The number of hydrogen-bond acceptors (Lipinski definition) is 3. The van der Waals surface area contributed by atoms with Crippen LogP contribution in [0.2, 0.25) is 5.02 Å². The lowest BCUT2D eigenvalue weighted by Gasteiger charge is -2.26. The second-order valence-electron chi connectivity index (χ2n) is 5.92. The fraction of sp³-hybridized carbons (Fsp3) is 0.389. The number of amides is 2. The SMILES string of the molecule is CN(CCOc1ccc(Cl)cc1)C(=O)NC1CCCc2occc21. The van der Waals surface area contributed by atoms with E-state index in [1.165, 1.54) is 0 Å². The minimum Gasteiger partial charge on any atom is -0.492 e. The van der Waals surface area contributed by atoms with Gasteiger partial charge in [-0.25, -0.2) is 4.79 Å². The molecule has 1 atom stereocenters. The lowest BCUT2D eigenvalue weighted by molar-refractivity contribution is 0.190. The average molecular weight is 349 g/mol. The van der Waals surface area contributed by atoms with Crippen molar-refractivity contribution in [2.75, 3.05) is 20.2 Å². The standard InChI is InChI=1S/C18H21ClN2O3/c1-21(10-12-23-14-7-5-13(19)6-8-14)18(22)20-16-3-2-4-17-15(16)9-11-24-17/h5-9,11,16H,2-4,10,12H2,1H3,(H,20,22). The lowest BCUT2D eigenvalue weighted by Crippen LogP contribution is -2.41. The van der Waals surface area contributed by atoms with Crippen LogP contribution in [-0.4, -0.2) is 31.1 Å². The van der Waals surface area contributed by atoms with Crippen molar-refractivity contribution < 1.29 is 13.9 Å². The first-order valence-electron chi connectivity index (χ1n) is 8.10. The summed E-state index contributed by atoms with van der Waals surface area (Å²) in [6.07, 6.45) is 4.60. The number of rotatable bonds is 5. The zero-order valence-corrected chi connectivity index (χ0v) is 14.4. The number of fused-ring (bicyclic) bond motifs is 1. The highest BCUT2D eigenvalue weighted by molar-refractivity contribution is 6.30. The summed E-state index contributed by atoms with van der Waals surface area (Å²) in [6.45, 7) is 0.923.